The topological polar surface area (TPSA) is 86.0 Å². The molecule has 1 aromatic carbocycles. The van der Waals surface area contributed by atoms with Crippen LogP contribution in [0.3, 0.4) is 0 Å². The summed E-state index contributed by atoms with van der Waals surface area (Å²) in [6.07, 6.45) is 0. The van der Waals surface area contributed by atoms with Crippen LogP contribution in [-0.2, 0) is 4.79 Å². The fourth-order valence-electron chi connectivity index (χ4n) is 1.39. The van der Waals surface area contributed by atoms with Gasteiger partial charge in [-0.05, 0) is 18.2 Å². The number of hydrogen-bond acceptors (Lipinski definition) is 3. The summed E-state index contributed by atoms with van der Waals surface area (Å²) in [5.74, 6) is -0.676. The van der Waals surface area contributed by atoms with E-state index in [4.69, 9.17) is 5.11 Å². The number of aliphatic carboxylic acids is 1. The molecule has 0 bridgehead atoms. The van der Waals surface area contributed by atoms with Crippen LogP contribution in [0.2, 0.25) is 0 Å². The second-order valence-corrected chi connectivity index (χ2v) is 4.93. The molecule has 0 fully saturated rings. The quantitative estimate of drug-likeness (QED) is 0.722. The zero-order chi connectivity index (χ0) is 12.4. The van der Waals surface area contributed by atoms with Crippen LogP contribution in [0.15, 0.2) is 27.9 Å². The molecular formula is C11H12N2O3S. The van der Waals surface area contributed by atoms with Gasteiger partial charge >= 0.3 is 11.7 Å². The second-order valence-electron chi connectivity index (χ2n) is 3.84. The van der Waals surface area contributed by atoms with Crippen molar-refractivity contribution in [1.29, 1.82) is 0 Å². The molecule has 1 atom stereocenters. The molecule has 0 saturated heterocycles. The summed E-state index contributed by atoms with van der Waals surface area (Å²) in [5.41, 5.74) is 1.26. The van der Waals surface area contributed by atoms with E-state index in [1.807, 2.05) is 12.1 Å². The smallest absolute Gasteiger partial charge is 0.323 e. The molecule has 5 nitrogen and oxygen atoms in total. The Morgan fingerprint density at radius 2 is 2.12 bits per heavy atom. The minimum Gasteiger partial charge on any atom is -0.481 e. The highest BCUT2D eigenvalue weighted by Gasteiger charge is 2.11. The van der Waals surface area contributed by atoms with E-state index < -0.39 is 5.97 Å². The number of carbonyl (C=O) groups is 1. The highest BCUT2D eigenvalue weighted by Crippen LogP contribution is 2.23. The Morgan fingerprint density at radius 3 is 2.82 bits per heavy atom. The molecule has 1 aromatic heterocycles. The van der Waals surface area contributed by atoms with Crippen molar-refractivity contribution in [2.45, 2.75) is 11.8 Å². The Hall–Kier alpha value is -1.69. The lowest BCUT2D eigenvalue weighted by atomic mass is 10.2. The molecule has 2 aromatic rings. The number of carboxylic acids is 1. The van der Waals surface area contributed by atoms with E-state index in [2.05, 4.69) is 9.97 Å². The molecule has 6 heteroatoms. The van der Waals surface area contributed by atoms with Crippen LogP contribution in [-0.4, -0.2) is 26.8 Å². The number of nitrogens with one attached hydrogen (secondary N) is 2. The Morgan fingerprint density at radius 1 is 1.41 bits per heavy atom. The fourth-order valence-corrected chi connectivity index (χ4v) is 2.34. The van der Waals surface area contributed by atoms with E-state index in [0.717, 1.165) is 15.9 Å². The first-order chi connectivity index (χ1) is 8.06. The molecule has 1 heterocycles. The molecule has 3 N–H and O–H groups in total. The lowest BCUT2D eigenvalue weighted by molar-refractivity contribution is -0.140. The summed E-state index contributed by atoms with van der Waals surface area (Å²) in [6.45, 7) is 1.67. The summed E-state index contributed by atoms with van der Waals surface area (Å²) in [6, 6.07) is 5.51. The van der Waals surface area contributed by atoms with Crippen LogP contribution in [0.4, 0.5) is 0 Å². The van der Waals surface area contributed by atoms with Gasteiger partial charge in [-0.2, -0.15) is 0 Å². The van der Waals surface area contributed by atoms with Gasteiger partial charge in [0.15, 0.2) is 0 Å². The lowest BCUT2D eigenvalue weighted by Crippen LogP contribution is -2.11. The van der Waals surface area contributed by atoms with Crippen LogP contribution in [0.25, 0.3) is 11.0 Å². The van der Waals surface area contributed by atoms with Crippen LogP contribution in [0, 0.1) is 5.92 Å². The maximum atomic E-state index is 11.1. The molecule has 0 amide bonds. The zero-order valence-corrected chi connectivity index (χ0v) is 10.0. The third kappa shape index (κ3) is 2.71. The molecule has 1 unspecified atom stereocenters. The SMILES string of the molecule is CC(CSc1ccc2[nH]c(=O)[nH]c2c1)C(=O)O. The third-order valence-electron chi connectivity index (χ3n) is 2.41. The van der Waals surface area contributed by atoms with Crippen molar-refractivity contribution in [2.24, 2.45) is 5.92 Å². The lowest BCUT2D eigenvalue weighted by Gasteiger charge is -2.05. The van der Waals surface area contributed by atoms with E-state index in [-0.39, 0.29) is 11.6 Å². The molecule has 0 aliphatic rings. The summed E-state index contributed by atoms with van der Waals surface area (Å²) in [5, 5.41) is 8.77. The van der Waals surface area contributed by atoms with Crippen molar-refractivity contribution in [1.82, 2.24) is 9.97 Å². The zero-order valence-electron chi connectivity index (χ0n) is 9.19. The van der Waals surface area contributed by atoms with E-state index >= 15 is 0 Å². The van der Waals surface area contributed by atoms with Crippen LogP contribution >= 0.6 is 11.8 Å². The van der Waals surface area contributed by atoms with Gasteiger partial charge in [-0.1, -0.05) is 6.92 Å². The predicted octanol–water partition coefficient (Wildman–Crippen LogP) is 1.67. The van der Waals surface area contributed by atoms with Gasteiger partial charge < -0.3 is 15.1 Å². The van der Waals surface area contributed by atoms with Crippen LogP contribution in [0.5, 0.6) is 0 Å². The summed E-state index contributed by atoms with van der Waals surface area (Å²) >= 11 is 1.46. The Bertz CT molecular complexity index is 602. The van der Waals surface area contributed by atoms with Gasteiger partial charge in [-0.15, -0.1) is 11.8 Å². The maximum Gasteiger partial charge on any atom is 0.323 e. The number of H-pyrrole nitrogens is 2. The number of benzene rings is 1. The predicted molar refractivity (Wildman–Crippen MR) is 66.4 cm³/mol. The number of carboxylic acid groups (broad SMARTS) is 1. The van der Waals surface area contributed by atoms with Crippen molar-refractivity contribution >= 4 is 28.8 Å². The number of imidazole rings is 1. The molecule has 0 aliphatic carbocycles. The first kappa shape index (κ1) is 11.8. The minimum absolute atomic E-state index is 0.235. The van der Waals surface area contributed by atoms with E-state index in [1.165, 1.54) is 11.8 Å². The van der Waals surface area contributed by atoms with Crippen molar-refractivity contribution < 1.29 is 9.90 Å². The number of hydrogen-bond donors (Lipinski definition) is 3. The number of thioether (sulfide) groups is 1. The van der Waals surface area contributed by atoms with Crippen molar-refractivity contribution in [3.63, 3.8) is 0 Å². The van der Waals surface area contributed by atoms with E-state index in [0.29, 0.717) is 5.75 Å². The average molecular weight is 252 g/mol. The molecule has 0 radical (unpaired) electrons. The van der Waals surface area contributed by atoms with Gasteiger partial charge in [-0.3, -0.25) is 4.79 Å². The average Bonchev–Trinajstić information content (AvgIpc) is 2.64. The van der Waals surface area contributed by atoms with Gasteiger partial charge in [0.1, 0.15) is 0 Å². The van der Waals surface area contributed by atoms with Crippen LogP contribution in [0.1, 0.15) is 6.92 Å². The van der Waals surface area contributed by atoms with Crippen molar-refractivity contribution in [3.8, 4) is 0 Å². The Labute approximate surface area is 101 Å². The molecular weight excluding hydrogens is 240 g/mol. The van der Waals surface area contributed by atoms with Crippen molar-refractivity contribution in [2.75, 3.05) is 5.75 Å². The molecule has 0 spiro atoms. The second kappa shape index (κ2) is 4.67. The monoisotopic (exact) mass is 252 g/mol. The summed E-state index contributed by atoms with van der Waals surface area (Å²) in [7, 11) is 0. The largest absolute Gasteiger partial charge is 0.481 e. The van der Waals surface area contributed by atoms with E-state index in [1.54, 1.807) is 13.0 Å². The first-order valence-electron chi connectivity index (χ1n) is 5.14. The Kier molecular flexibility index (Phi) is 3.23. The first-order valence-corrected chi connectivity index (χ1v) is 6.12. The Balaban J connectivity index is 2.14. The standard InChI is InChI=1S/C11H12N2O3S/c1-6(10(14)15)5-17-7-2-3-8-9(4-7)13-11(16)12-8/h2-4,6H,5H2,1H3,(H,14,15)(H2,12,13,16). The molecule has 90 valence electrons. The van der Waals surface area contributed by atoms with E-state index in [9.17, 15) is 9.59 Å². The fraction of sp³-hybridized carbons (Fsp3) is 0.273. The summed E-state index contributed by atoms with van der Waals surface area (Å²) < 4.78 is 0. The van der Waals surface area contributed by atoms with Gasteiger partial charge in [0, 0.05) is 10.6 Å². The molecule has 2 rings (SSSR count). The highest BCUT2D eigenvalue weighted by molar-refractivity contribution is 7.99. The third-order valence-corrected chi connectivity index (χ3v) is 3.66. The van der Waals surface area contributed by atoms with Gasteiger partial charge in [0.2, 0.25) is 0 Å². The number of aromatic nitrogens is 2. The molecule has 0 saturated carbocycles. The number of rotatable bonds is 4. The highest BCUT2D eigenvalue weighted by atomic mass is 32.2. The normalized spacial score (nSPS) is 12.8. The summed E-state index contributed by atoms with van der Waals surface area (Å²) in [4.78, 5) is 28.0. The minimum atomic E-state index is -0.798. The van der Waals surface area contributed by atoms with Gasteiger partial charge in [0.05, 0.1) is 17.0 Å². The molecule has 17 heavy (non-hydrogen) atoms. The van der Waals surface area contributed by atoms with Crippen molar-refractivity contribution in [3.05, 3.63) is 28.7 Å². The van der Waals surface area contributed by atoms with Gasteiger partial charge in [0.25, 0.3) is 0 Å². The number of fused-ring (bicyclic) bond motifs is 1. The maximum absolute atomic E-state index is 11.1. The van der Waals surface area contributed by atoms with Crippen LogP contribution < -0.4 is 5.69 Å². The number of aromatic amines is 2. The molecule has 0 aliphatic heterocycles. The van der Waals surface area contributed by atoms with Gasteiger partial charge in [-0.25, -0.2) is 4.79 Å².